The van der Waals surface area contributed by atoms with Crippen LogP contribution in [0.3, 0.4) is 0 Å². The Labute approximate surface area is 69.8 Å². The molecule has 1 saturated heterocycles. The Morgan fingerprint density at radius 1 is 1.55 bits per heavy atom. The molecular weight excluding hydrogens is 136 g/mol. The molecule has 1 heterocycles. The molecular formula is C9H20N2. The Balaban J connectivity index is 2.33. The second-order valence-electron chi connectivity index (χ2n) is 3.98. The van der Waals surface area contributed by atoms with Crippen LogP contribution in [0, 0.1) is 5.41 Å². The SMILES string of the molecule is CCC1(C)CCN(CCN)C1. The van der Waals surface area contributed by atoms with Crippen LogP contribution in [0.2, 0.25) is 0 Å². The molecule has 1 unspecified atom stereocenters. The fraction of sp³-hybridized carbons (Fsp3) is 1.00. The minimum absolute atomic E-state index is 0.579. The summed E-state index contributed by atoms with van der Waals surface area (Å²) >= 11 is 0. The van der Waals surface area contributed by atoms with Gasteiger partial charge in [0.1, 0.15) is 0 Å². The summed E-state index contributed by atoms with van der Waals surface area (Å²) in [6, 6.07) is 0. The van der Waals surface area contributed by atoms with E-state index in [1.807, 2.05) is 0 Å². The first-order valence-corrected chi connectivity index (χ1v) is 4.62. The largest absolute Gasteiger partial charge is 0.329 e. The summed E-state index contributed by atoms with van der Waals surface area (Å²) in [4.78, 5) is 2.48. The fourth-order valence-corrected chi connectivity index (χ4v) is 1.79. The molecule has 2 heteroatoms. The lowest BCUT2D eigenvalue weighted by Gasteiger charge is -2.22. The molecule has 0 aromatic rings. The van der Waals surface area contributed by atoms with Crippen molar-refractivity contribution < 1.29 is 0 Å². The zero-order valence-corrected chi connectivity index (χ0v) is 7.77. The number of hydrogen-bond acceptors (Lipinski definition) is 2. The number of hydrogen-bond donors (Lipinski definition) is 1. The van der Waals surface area contributed by atoms with Crippen LogP contribution in [-0.2, 0) is 0 Å². The second kappa shape index (κ2) is 3.55. The van der Waals surface area contributed by atoms with E-state index in [1.54, 1.807) is 0 Å². The average Bonchev–Trinajstić information content (AvgIpc) is 2.35. The molecule has 0 radical (unpaired) electrons. The van der Waals surface area contributed by atoms with Gasteiger partial charge in [0.05, 0.1) is 0 Å². The predicted octanol–water partition coefficient (Wildman–Crippen LogP) is 1.07. The molecule has 0 spiro atoms. The predicted molar refractivity (Wildman–Crippen MR) is 48.5 cm³/mol. The van der Waals surface area contributed by atoms with E-state index in [4.69, 9.17) is 5.73 Å². The first-order valence-electron chi connectivity index (χ1n) is 4.62. The molecule has 0 aromatic heterocycles. The van der Waals surface area contributed by atoms with Crippen molar-refractivity contribution in [1.82, 2.24) is 4.90 Å². The number of likely N-dealkylation sites (tertiary alicyclic amines) is 1. The van der Waals surface area contributed by atoms with Crippen molar-refractivity contribution in [1.29, 1.82) is 0 Å². The highest BCUT2D eigenvalue weighted by atomic mass is 15.2. The molecule has 2 N–H and O–H groups in total. The van der Waals surface area contributed by atoms with Gasteiger partial charge < -0.3 is 10.6 Å². The van der Waals surface area contributed by atoms with Gasteiger partial charge in [-0.2, -0.15) is 0 Å². The highest BCUT2D eigenvalue weighted by Crippen LogP contribution is 2.32. The lowest BCUT2D eigenvalue weighted by Crippen LogP contribution is -2.29. The van der Waals surface area contributed by atoms with Gasteiger partial charge in [-0.3, -0.25) is 0 Å². The van der Waals surface area contributed by atoms with Crippen molar-refractivity contribution in [3.8, 4) is 0 Å². The summed E-state index contributed by atoms with van der Waals surface area (Å²) in [5.74, 6) is 0. The smallest absolute Gasteiger partial charge is 0.0105 e. The molecule has 0 aromatic carbocycles. The molecule has 1 rings (SSSR count). The minimum Gasteiger partial charge on any atom is -0.329 e. The molecule has 0 saturated carbocycles. The van der Waals surface area contributed by atoms with Gasteiger partial charge in [-0.05, 0) is 24.8 Å². The van der Waals surface area contributed by atoms with Crippen molar-refractivity contribution in [2.45, 2.75) is 26.7 Å². The quantitative estimate of drug-likeness (QED) is 0.662. The molecule has 1 atom stereocenters. The van der Waals surface area contributed by atoms with E-state index in [9.17, 15) is 0 Å². The topological polar surface area (TPSA) is 29.3 Å². The van der Waals surface area contributed by atoms with Crippen molar-refractivity contribution in [2.75, 3.05) is 26.2 Å². The molecule has 0 aliphatic carbocycles. The maximum Gasteiger partial charge on any atom is 0.0105 e. The van der Waals surface area contributed by atoms with Gasteiger partial charge in [0.2, 0.25) is 0 Å². The van der Waals surface area contributed by atoms with E-state index in [2.05, 4.69) is 18.7 Å². The number of nitrogens with two attached hydrogens (primary N) is 1. The Morgan fingerprint density at radius 3 is 2.73 bits per heavy atom. The van der Waals surface area contributed by atoms with Crippen molar-refractivity contribution in [3.05, 3.63) is 0 Å². The van der Waals surface area contributed by atoms with Crippen LogP contribution in [-0.4, -0.2) is 31.1 Å². The fourth-order valence-electron chi connectivity index (χ4n) is 1.79. The molecule has 2 nitrogen and oxygen atoms in total. The van der Waals surface area contributed by atoms with E-state index in [1.165, 1.54) is 25.9 Å². The van der Waals surface area contributed by atoms with Crippen LogP contribution in [0.5, 0.6) is 0 Å². The van der Waals surface area contributed by atoms with Gasteiger partial charge in [0, 0.05) is 19.6 Å². The lowest BCUT2D eigenvalue weighted by atomic mass is 9.87. The molecule has 0 bridgehead atoms. The summed E-state index contributed by atoms with van der Waals surface area (Å²) in [6.07, 6.45) is 2.65. The first kappa shape index (κ1) is 9.01. The van der Waals surface area contributed by atoms with Crippen LogP contribution in [0.1, 0.15) is 26.7 Å². The third-order valence-corrected chi connectivity index (χ3v) is 2.94. The highest BCUT2D eigenvalue weighted by molar-refractivity contribution is 4.84. The lowest BCUT2D eigenvalue weighted by molar-refractivity contribution is 0.273. The third kappa shape index (κ3) is 2.17. The average molecular weight is 156 g/mol. The summed E-state index contributed by atoms with van der Waals surface area (Å²) < 4.78 is 0. The summed E-state index contributed by atoms with van der Waals surface area (Å²) in [7, 11) is 0. The van der Waals surface area contributed by atoms with E-state index < -0.39 is 0 Å². The van der Waals surface area contributed by atoms with Gasteiger partial charge in [-0.15, -0.1) is 0 Å². The van der Waals surface area contributed by atoms with E-state index in [-0.39, 0.29) is 0 Å². The Kier molecular flexibility index (Phi) is 2.90. The van der Waals surface area contributed by atoms with Crippen molar-refractivity contribution >= 4 is 0 Å². The Bertz CT molecular complexity index is 125. The first-order chi connectivity index (χ1) is 5.20. The van der Waals surface area contributed by atoms with Crippen LogP contribution in [0.15, 0.2) is 0 Å². The normalized spacial score (nSPS) is 33.0. The minimum atomic E-state index is 0.579. The molecule has 1 aliphatic rings. The van der Waals surface area contributed by atoms with Crippen molar-refractivity contribution in [3.63, 3.8) is 0 Å². The summed E-state index contributed by atoms with van der Waals surface area (Å²) in [5, 5.41) is 0. The Hall–Kier alpha value is -0.0800. The van der Waals surface area contributed by atoms with Gasteiger partial charge in [0.25, 0.3) is 0 Å². The van der Waals surface area contributed by atoms with Crippen LogP contribution >= 0.6 is 0 Å². The van der Waals surface area contributed by atoms with Gasteiger partial charge in [-0.25, -0.2) is 0 Å². The van der Waals surface area contributed by atoms with Gasteiger partial charge in [-0.1, -0.05) is 13.8 Å². The number of nitrogens with zero attached hydrogens (tertiary/aromatic N) is 1. The van der Waals surface area contributed by atoms with Crippen LogP contribution in [0.25, 0.3) is 0 Å². The third-order valence-electron chi connectivity index (χ3n) is 2.94. The Morgan fingerprint density at radius 2 is 2.27 bits per heavy atom. The maximum atomic E-state index is 5.50. The van der Waals surface area contributed by atoms with E-state index in [0.29, 0.717) is 5.41 Å². The molecule has 66 valence electrons. The maximum absolute atomic E-state index is 5.50. The number of rotatable bonds is 3. The van der Waals surface area contributed by atoms with E-state index >= 15 is 0 Å². The van der Waals surface area contributed by atoms with Crippen LogP contribution in [0.4, 0.5) is 0 Å². The van der Waals surface area contributed by atoms with Crippen LogP contribution < -0.4 is 5.73 Å². The standard InChI is InChI=1S/C9H20N2/c1-3-9(2)4-6-11(8-9)7-5-10/h3-8,10H2,1-2H3. The zero-order chi connectivity index (χ0) is 8.32. The van der Waals surface area contributed by atoms with Crippen molar-refractivity contribution in [2.24, 2.45) is 11.1 Å². The van der Waals surface area contributed by atoms with Gasteiger partial charge in [0.15, 0.2) is 0 Å². The highest BCUT2D eigenvalue weighted by Gasteiger charge is 2.31. The summed E-state index contributed by atoms with van der Waals surface area (Å²) in [6.45, 7) is 9.05. The molecule has 11 heavy (non-hydrogen) atoms. The molecule has 1 fully saturated rings. The molecule has 1 aliphatic heterocycles. The summed E-state index contributed by atoms with van der Waals surface area (Å²) in [5.41, 5.74) is 6.08. The van der Waals surface area contributed by atoms with E-state index in [0.717, 1.165) is 13.1 Å². The molecule has 0 amide bonds. The zero-order valence-electron chi connectivity index (χ0n) is 7.77. The monoisotopic (exact) mass is 156 g/mol. The second-order valence-corrected chi connectivity index (χ2v) is 3.98. The van der Waals surface area contributed by atoms with Gasteiger partial charge >= 0.3 is 0 Å².